The lowest BCUT2D eigenvalue weighted by Gasteiger charge is -2.43. The molecule has 26 heavy (non-hydrogen) atoms. The van der Waals surface area contributed by atoms with E-state index in [0.717, 1.165) is 24.8 Å². The maximum absolute atomic E-state index is 12.3. The molecule has 0 bridgehead atoms. The highest BCUT2D eigenvalue weighted by atomic mass is 32.2. The lowest BCUT2D eigenvalue weighted by molar-refractivity contribution is -0.127. The molecule has 1 fully saturated rings. The predicted octanol–water partition coefficient (Wildman–Crippen LogP) is 2.78. The van der Waals surface area contributed by atoms with Crippen molar-refractivity contribution in [3.63, 3.8) is 0 Å². The SMILES string of the molecule is C[S@@](=O)c1ccc(C(=O)OCC(=O)NC2(c3ccccc3)CCC2)cc1. The maximum atomic E-state index is 12.3. The summed E-state index contributed by atoms with van der Waals surface area (Å²) in [6.45, 7) is -0.325. The van der Waals surface area contributed by atoms with E-state index in [1.54, 1.807) is 30.5 Å². The molecular weight excluding hydrogens is 350 g/mol. The number of ether oxygens (including phenoxy) is 1. The van der Waals surface area contributed by atoms with E-state index >= 15 is 0 Å². The Hall–Kier alpha value is -2.47. The van der Waals surface area contributed by atoms with Gasteiger partial charge in [0.15, 0.2) is 6.61 Å². The van der Waals surface area contributed by atoms with Gasteiger partial charge >= 0.3 is 5.97 Å². The summed E-state index contributed by atoms with van der Waals surface area (Å²) in [7, 11) is -1.10. The van der Waals surface area contributed by atoms with Gasteiger partial charge < -0.3 is 10.1 Å². The number of carbonyl (C=O) groups is 2. The highest BCUT2D eigenvalue weighted by Gasteiger charge is 2.39. The highest BCUT2D eigenvalue weighted by Crippen LogP contribution is 2.41. The molecule has 0 radical (unpaired) electrons. The van der Waals surface area contributed by atoms with Crippen LogP contribution < -0.4 is 5.32 Å². The fourth-order valence-corrected chi connectivity index (χ4v) is 3.59. The van der Waals surface area contributed by atoms with Crippen LogP contribution in [0.4, 0.5) is 0 Å². The minimum absolute atomic E-state index is 0.312. The summed E-state index contributed by atoms with van der Waals surface area (Å²) in [5.41, 5.74) is 1.06. The zero-order valence-corrected chi connectivity index (χ0v) is 15.4. The molecule has 0 unspecified atom stereocenters. The van der Waals surface area contributed by atoms with Gasteiger partial charge in [0, 0.05) is 22.0 Å². The van der Waals surface area contributed by atoms with Crippen LogP contribution in [0.1, 0.15) is 35.2 Å². The summed E-state index contributed by atoms with van der Waals surface area (Å²) in [5, 5.41) is 3.02. The molecule has 0 heterocycles. The molecule has 1 amide bonds. The van der Waals surface area contributed by atoms with Crippen molar-refractivity contribution in [2.45, 2.75) is 29.7 Å². The third kappa shape index (κ3) is 4.02. The van der Waals surface area contributed by atoms with Crippen molar-refractivity contribution in [1.82, 2.24) is 5.32 Å². The van der Waals surface area contributed by atoms with Crippen molar-refractivity contribution in [2.24, 2.45) is 0 Å². The van der Waals surface area contributed by atoms with Crippen molar-refractivity contribution in [3.8, 4) is 0 Å². The smallest absolute Gasteiger partial charge is 0.338 e. The van der Waals surface area contributed by atoms with Crippen LogP contribution in [0.25, 0.3) is 0 Å². The summed E-state index contributed by atoms with van der Waals surface area (Å²) >= 11 is 0. The molecule has 1 aliphatic carbocycles. The van der Waals surface area contributed by atoms with E-state index in [0.29, 0.717) is 10.5 Å². The van der Waals surface area contributed by atoms with Crippen LogP contribution in [-0.4, -0.2) is 28.9 Å². The van der Waals surface area contributed by atoms with Crippen LogP contribution >= 0.6 is 0 Å². The van der Waals surface area contributed by atoms with Gasteiger partial charge in [-0.3, -0.25) is 9.00 Å². The van der Waals surface area contributed by atoms with E-state index in [1.165, 1.54) is 0 Å². The van der Waals surface area contributed by atoms with Crippen molar-refractivity contribution in [1.29, 1.82) is 0 Å². The number of carbonyl (C=O) groups excluding carboxylic acids is 2. The van der Waals surface area contributed by atoms with Crippen LogP contribution in [0, 0.1) is 0 Å². The Morgan fingerprint density at radius 3 is 2.27 bits per heavy atom. The first-order chi connectivity index (χ1) is 12.5. The number of amides is 1. The molecule has 5 nitrogen and oxygen atoms in total. The van der Waals surface area contributed by atoms with E-state index in [2.05, 4.69) is 5.32 Å². The molecule has 0 aromatic heterocycles. The van der Waals surface area contributed by atoms with Gasteiger partial charge in [0.1, 0.15) is 0 Å². The zero-order chi connectivity index (χ0) is 18.6. The first-order valence-corrected chi connectivity index (χ1v) is 10.0. The third-order valence-corrected chi connectivity index (χ3v) is 5.60. The molecule has 6 heteroatoms. The van der Waals surface area contributed by atoms with Crippen LogP contribution in [-0.2, 0) is 25.9 Å². The van der Waals surface area contributed by atoms with E-state index in [4.69, 9.17) is 4.74 Å². The lowest BCUT2D eigenvalue weighted by Crippen LogP contribution is -2.51. The van der Waals surface area contributed by atoms with Gasteiger partial charge in [-0.2, -0.15) is 0 Å². The predicted molar refractivity (Wildman–Crippen MR) is 99.2 cm³/mol. The molecule has 2 aromatic rings. The van der Waals surface area contributed by atoms with E-state index in [-0.39, 0.29) is 18.1 Å². The summed E-state index contributed by atoms with van der Waals surface area (Å²) < 4.78 is 16.5. The quantitative estimate of drug-likeness (QED) is 0.793. The average molecular weight is 371 g/mol. The van der Waals surface area contributed by atoms with E-state index < -0.39 is 16.8 Å². The number of esters is 1. The third-order valence-electron chi connectivity index (χ3n) is 4.67. The molecule has 0 spiro atoms. The van der Waals surface area contributed by atoms with Crippen molar-refractivity contribution in [3.05, 3.63) is 65.7 Å². The number of hydrogen-bond donors (Lipinski definition) is 1. The molecule has 2 aromatic carbocycles. The Morgan fingerprint density at radius 1 is 1.08 bits per heavy atom. The molecule has 3 rings (SSSR count). The first-order valence-electron chi connectivity index (χ1n) is 8.47. The summed E-state index contributed by atoms with van der Waals surface area (Å²) in [4.78, 5) is 25.0. The van der Waals surface area contributed by atoms with E-state index in [9.17, 15) is 13.8 Å². The molecule has 0 saturated heterocycles. The Morgan fingerprint density at radius 2 is 1.73 bits per heavy atom. The lowest BCUT2D eigenvalue weighted by atomic mass is 9.72. The Labute approximate surface area is 155 Å². The molecule has 1 atom stereocenters. The van der Waals surface area contributed by atoms with Gasteiger partial charge in [-0.05, 0) is 49.1 Å². The standard InChI is InChI=1S/C20H21NO4S/c1-26(24)17-10-8-15(9-11-17)19(23)25-14-18(22)21-20(12-5-13-20)16-6-3-2-4-7-16/h2-4,6-11H,5,12-14H2,1H3,(H,21,22)/t26-/m1/s1. The average Bonchev–Trinajstić information content (AvgIpc) is 2.63. The minimum atomic E-state index is -1.10. The summed E-state index contributed by atoms with van der Waals surface area (Å²) in [5.74, 6) is -0.885. The Balaban J connectivity index is 1.57. The maximum Gasteiger partial charge on any atom is 0.338 e. The number of hydrogen-bond acceptors (Lipinski definition) is 4. The second-order valence-corrected chi connectivity index (χ2v) is 7.78. The molecular formula is C20H21NO4S. The second kappa shape index (κ2) is 7.83. The fraction of sp³-hybridized carbons (Fsp3) is 0.300. The van der Waals surface area contributed by atoms with Crippen LogP contribution in [0.15, 0.2) is 59.5 Å². The Bertz CT molecular complexity index is 813. The van der Waals surface area contributed by atoms with Crippen molar-refractivity contribution >= 4 is 22.7 Å². The van der Waals surface area contributed by atoms with Gasteiger partial charge in [-0.15, -0.1) is 0 Å². The van der Waals surface area contributed by atoms with Gasteiger partial charge in [-0.25, -0.2) is 4.79 Å². The van der Waals surface area contributed by atoms with Gasteiger partial charge in [0.25, 0.3) is 5.91 Å². The number of benzene rings is 2. The largest absolute Gasteiger partial charge is 0.452 e. The normalized spacial score (nSPS) is 16.2. The van der Waals surface area contributed by atoms with Crippen molar-refractivity contribution < 1.29 is 18.5 Å². The van der Waals surface area contributed by atoms with Crippen molar-refractivity contribution in [2.75, 3.05) is 12.9 Å². The van der Waals surface area contributed by atoms with Crippen LogP contribution in [0.3, 0.4) is 0 Å². The fourth-order valence-electron chi connectivity index (χ4n) is 3.07. The molecule has 1 saturated carbocycles. The highest BCUT2D eigenvalue weighted by molar-refractivity contribution is 7.84. The molecule has 1 aliphatic rings. The number of rotatable bonds is 6. The second-order valence-electron chi connectivity index (χ2n) is 6.40. The summed E-state index contributed by atoms with van der Waals surface area (Å²) in [6.07, 6.45) is 4.39. The monoisotopic (exact) mass is 371 g/mol. The van der Waals surface area contributed by atoms with Crippen LogP contribution in [0.2, 0.25) is 0 Å². The van der Waals surface area contributed by atoms with E-state index in [1.807, 2.05) is 30.3 Å². The van der Waals surface area contributed by atoms with Gasteiger partial charge in [-0.1, -0.05) is 30.3 Å². The molecule has 1 N–H and O–H groups in total. The Kier molecular flexibility index (Phi) is 5.52. The molecule has 0 aliphatic heterocycles. The van der Waals surface area contributed by atoms with Gasteiger partial charge in [0.2, 0.25) is 0 Å². The van der Waals surface area contributed by atoms with Gasteiger partial charge in [0.05, 0.1) is 11.1 Å². The first kappa shape index (κ1) is 18.3. The zero-order valence-electron chi connectivity index (χ0n) is 14.6. The molecule has 136 valence electrons. The van der Waals surface area contributed by atoms with Crippen LogP contribution in [0.5, 0.6) is 0 Å². The number of nitrogens with one attached hydrogen (secondary N) is 1. The minimum Gasteiger partial charge on any atom is -0.452 e. The summed E-state index contributed by atoms with van der Waals surface area (Å²) in [6, 6.07) is 16.2. The topological polar surface area (TPSA) is 72.5 Å².